The van der Waals surface area contributed by atoms with E-state index in [1.54, 1.807) is 0 Å². The number of ether oxygens (including phenoxy) is 2. The molecule has 6 nitrogen and oxygen atoms in total. The number of anilines is 1. The number of nitrogens with one attached hydrogen (secondary N) is 1. The molecule has 1 aliphatic rings. The number of benzene rings is 3. The van der Waals surface area contributed by atoms with Crippen LogP contribution in [0.25, 0.3) is 22.6 Å². The van der Waals surface area contributed by atoms with E-state index < -0.39 is 0 Å². The maximum absolute atomic E-state index is 12.7. The lowest BCUT2D eigenvalue weighted by atomic mass is 9.99. The lowest BCUT2D eigenvalue weighted by Gasteiger charge is -2.20. The standard InChI is InChI=1S/C24H20N2O4/c1-15(17-8-11-21-22(14-17)29-13-12-28-21)23(27)25-18-9-6-16(7-10-18)24-26-19-4-2-3-5-20(19)30-24/h2-11,14-15H,12-13H2,1H3,(H,25,27). The van der Waals surface area contributed by atoms with E-state index in [0.29, 0.717) is 36.3 Å². The van der Waals surface area contributed by atoms with Gasteiger partial charge in [0, 0.05) is 11.3 Å². The van der Waals surface area contributed by atoms with Gasteiger partial charge in [-0.2, -0.15) is 0 Å². The molecule has 1 unspecified atom stereocenters. The van der Waals surface area contributed by atoms with Crippen molar-refractivity contribution in [2.24, 2.45) is 0 Å². The largest absolute Gasteiger partial charge is 0.486 e. The van der Waals surface area contributed by atoms with Crippen LogP contribution >= 0.6 is 0 Å². The van der Waals surface area contributed by atoms with E-state index in [1.807, 2.05) is 73.7 Å². The zero-order valence-corrected chi connectivity index (χ0v) is 16.4. The van der Waals surface area contributed by atoms with Gasteiger partial charge in [0.25, 0.3) is 0 Å². The van der Waals surface area contributed by atoms with Crippen molar-refractivity contribution in [1.82, 2.24) is 4.98 Å². The van der Waals surface area contributed by atoms with E-state index in [1.165, 1.54) is 0 Å². The Morgan fingerprint density at radius 1 is 0.967 bits per heavy atom. The summed E-state index contributed by atoms with van der Waals surface area (Å²) in [5.74, 6) is 1.52. The predicted molar refractivity (Wildman–Crippen MR) is 114 cm³/mol. The number of oxazole rings is 1. The van der Waals surface area contributed by atoms with Gasteiger partial charge < -0.3 is 19.2 Å². The molecular weight excluding hydrogens is 380 g/mol. The maximum Gasteiger partial charge on any atom is 0.231 e. The number of carbonyl (C=O) groups excluding carboxylic acids is 1. The average Bonchev–Trinajstić information content (AvgIpc) is 3.23. The van der Waals surface area contributed by atoms with Crippen molar-refractivity contribution >= 4 is 22.7 Å². The second kappa shape index (κ2) is 7.55. The monoisotopic (exact) mass is 400 g/mol. The zero-order valence-electron chi connectivity index (χ0n) is 16.4. The van der Waals surface area contributed by atoms with Crippen LogP contribution in [0.5, 0.6) is 11.5 Å². The van der Waals surface area contributed by atoms with Gasteiger partial charge in [-0.25, -0.2) is 4.98 Å². The van der Waals surface area contributed by atoms with E-state index in [-0.39, 0.29) is 11.8 Å². The maximum atomic E-state index is 12.7. The quantitative estimate of drug-likeness (QED) is 0.521. The summed E-state index contributed by atoms with van der Waals surface area (Å²) in [5, 5.41) is 2.96. The smallest absolute Gasteiger partial charge is 0.231 e. The lowest BCUT2D eigenvalue weighted by molar-refractivity contribution is -0.117. The molecule has 2 heterocycles. The fourth-order valence-corrected chi connectivity index (χ4v) is 3.42. The molecule has 1 aromatic heterocycles. The Labute approximate surface area is 173 Å². The van der Waals surface area contributed by atoms with Gasteiger partial charge in [-0.05, 0) is 61.0 Å². The lowest BCUT2D eigenvalue weighted by Crippen LogP contribution is -2.20. The van der Waals surface area contributed by atoms with E-state index in [0.717, 1.165) is 22.2 Å². The Bertz CT molecular complexity index is 1180. The minimum Gasteiger partial charge on any atom is -0.486 e. The molecule has 5 rings (SSSR count). The Morgan fingerprint density at radius 3 is 2.53 bits per heavy atom. The van der Waals surface area contributed by atoms with E-state index in [4.69, 9.17) is 13.9 Å². The number of aromatic nitrogens is 1. The number of para-hydroxylation sites is 2. The van der Waals surface area contributed by atoms with Crippen LogP contribution in [0.3, 0.4) is 0 Å². The minimum atomic E-state index is -0.336. The van der Waals surface area contributed by atoms with Crippen molar-refractivity contribution in [2.75, 3.05) is 18.5 Å². The fraction of sp³-hybridized carbons (Fsp3) is 0.167. The topological polar surface area (TPSA) is 73.6 Å². The number of hydrogen-bond acceptors (Lipinski definition) is 5. The van der Waals surface area contributed by atoms with Gasteiger partial charge in [-0.3, -0.25) is 4.79 Å². The Hall–Kier alpha value is -3.80. The van der Waals surface area contributed by atoms with Crippen molar-refractivity contribution in [2.45, 2.75) is 12.8 Å². The first kappa shape index (κ1) is 18.2. The van der Waals surface area contributed by atoms with Crippen molar-refractivity contribution in [3.8, 4) is 23.0 Å². The molecule has 30 heavy (non-hydrogen) atoms. The van der Waals surface area contributed by atoms with Gasteiger partial charge in [0.2, 0.25) is 11.8 Å². The second-order valence-electron chi connectivity index (χ2n) is 7.18. The van der Waals surface area contributed by atoms with Crippen LogP contribution in [0.15, 0.2) is 71.1 Å². The van der Waals surface area contributed by atoms with Gasteiger partial charge in [0.05, 0.1) is 5.92 Å². The van der Waals surface area contributed by atoms with Crippen LogP contribution in [-0.4, -0.2) is 24.1 Å². The molecule has 0 aliphatic carbocycles. The fourth-order valence-electron chi connectivity index (χ4n) is 3.42. The number of fused-ring (bicyclic) bond motifs is 2. The van der Waals surface area contributed by atoms with Crippen LogP contribution in [0.4, 0.5) is 5.69 Å². The third kappa shape index (κ3) is 3.48. The number of hydrogen-bond donors (Lipinski definition) is 1. The third-order valence-corrected chi connectivity index (χ3v) is 5.15. The van der Waals surface area contributed by atoms with Crippen LogP contribution < -0.4 is 14.8 Å². The first-order valence-corrected chi connectivity index (χ1v) is 9.84. The molecule has 150 valence electrons. The number of carbonyl (C=O) groups is 1. The highest BCUT2D eigenvalue weighted by atomic mass is 16.6. The summed E-state index contributed by atoms with van der Waals surface area (Å²) in [6, 6.07) is 20.7. The van der Waals surface area contributed by atoms with E-state index in [2.05, 4.69) is 10.3 Å². The summed E-state index contributed by atoms with van der Waals surface area (Å²) >= 11 is 0. The van der Waals surface area contributed by atoms with Crippen LogP contribution in [0.1, 0.15) is 18.4 Å². The summed E-state index contributed by atoms with van der Waals surface area (Å²) in [7, 11) is 0. The molecule has 0 fully saturated rings. The van der Waals surface area contributed by atoms with E-state index in [9.17, 15) is 4.79 Å². The van der Waals surface area contributed by atoms with Crippen LogP contribution in [0.2, 0.25) is 0 Å². The van der Waals surface area contributed by atoms with Gasteiger partial charge >= 0.3 is 0 Å². The molecule has 0 radical (unpaired) electrons. The van der Waals surface area contributed by atoms with E-state index >= 15 is 0 Å². The summed E-state index contributed by atoms with van der Waals surface area (Å²) in [5.41, 5.74) is 4.00. The molecular formula is C24H20N2O4. The Balaban J connectivity index is 1.30. The number of rotatable bonds is 4. The third-order valence-electron chi connectivity index (χ3n) is 5.15. The molecule has 1 atom stereocenters. The van der Waals surface area contributed by atoms with Crippen LogP contribution in [-0.2, 0) is 4.79 Å². The summed E-state index contributed by atoms with van der Waals surface area (Å²) in [6.07, 6.45) is 0. The molecule has 0 spiro atoms. The van der Waals surface area contributed by atoms with Gasteiger partial charge in [0.1, 0.15) is 18.7 Å². The summed E-state index contributed by atoms with van der Waals surface area (Å²) in [4.78, 5) is 17.2. The molecule has 1 N–H and O–H groups in total. The van der Waals surface area contributed by atoms with Crippen LogP contribution in [0, 0.1) is 0 Å². The average molecular weight is 400 g/mol. The normalized spacial score (nSPS) is 13.8. The number of nitrogens with zero attached hydrogens (tertiary/aromatic N) is 1. The zero-order chi connectivity index (χ0) is 20.5. The molecule has 0 saturated heterocycles. The van der Waals surface area contributed by atoms with Crippen molar-refractivity contribution in [3.63, 3.8) is 0 Å². The highest BCUT2D eigenvalue weighted by Crippen LogP contribution is 2.33. The first-order valence-electron chi connectivity index (χ1n) is 9.84. The minimum absolute atomic E-state index is 0.0960. The van der Waals surface area contributed by atoms with Crippen molar-refractivity contribution < 1.29 is 18.7 Å². The Morgan fingerprint density at radius 2 is 1.73 bits per heavy atom. The highest BCUT2D eigenvalue weighted by molar-refractivity contribution is 5.95. The second-order valence-corrected chi connectivity index (χ2v) is 7.18. The van der Waals surface area contributed by atoms with Gasteiger partial charge in [-0.15, -0.1) is 0 Å². The Kier molecular flexibility index (Phi) is 4.59. The molecule has 4 aromatic rings. The predicted octanol–water partition coefficient (Wildman–Crippen LogP) is 5.01. The first-order chi connectivity index (χ1) is 14.7. The summed E-state index contributed by atoms with van der Waals surface area (Å²) < 4.78 is 17.0. The molecule has 6 heteroatoms. The molecule has 0 saturated carbocycles. The van der Waals surface area contributed by atoms with Gasteiger partial charge in [0.15, 0.2) is 17.1 Å². The summed E-state index contributed by atoms with van der Waals surface area (Å²) in [6.45, 7) is 2.93. The molecule has 3 aromatic carbocycles. The van der Waals surface area contributed by atoms with Crippen molar-refractivity contribution in [1.29, 1.82) is 0 Å². The number of amides is 1. The van der Waals surface area contributed by atoms with Crippen molar-refractivity contribution in [3.05, 3.63) is 72.3 Å². The SMILES string of the molecule is CC(C(=O)Nc1ccc(-c2nc3ccccc3o2)cc1)c1ccc2c(c1)OCCO2. The molecule has 1 amide bonds. The molecule has 1 aliphatic heterocycles. The van der Waals surface area contributed by atoms with Gasteiger partial charge in [-0.1, -0.05) is 18.2 Å². The molecule has 0 bridgehead atoms. The highest BCUT2D eigenvalue weighted by Gasteiger charge is 2.19.